The summed E-state index contributed by atoms with van der Waals surface area (Å²) in [5.41, 5.74) is 6.98. The van der Waals surface area contributed by atoms with Gasteiger partial charge < -0.3 is 11.1 Å². The Bertz CT molecular complexity index is 372. The van der Waals surface area contributed by atoms with Gasteiger partial charge in [0.05, 0.1) is 5.92 Å². The summed E-state index contributed by atoms with van der Waals surface area (Å²) in [4.78, 5) is 11.7. The third-order valence-corrected chi connectivity index (χ3v) is 3.48. The minimum atomic E-state index is -0.0301. The van der Waals surface area contributed by atoms with Crippen LogP contribution in [-0.2, 0) is 11.2 Å². The highest BCUT2D eigenvalue weighted by Gasteiger charge is 2.21. The van der Waals surface area contributed by atoms with Crippen molar-refractivity contribution in [3.63, 3.8) is 0 Å². The molecule has 0 saturated heterocycles. The number of hydrogen-bond donors (Lipinski definition) is 2. The first-order chi connectivity index (χ1) is 7.75. The Hall–Kier alpha value is -1.13. The number of carbonyl (C=O) groups is 1. The van der Waals surface area contributed by atoms with Gasteiger partial charge >= 0.3 is 0 Å². The van der Waals surface area contributed by atoms with E-state index in [0.717, 1.165) is 12.8 Å². The average Bonchev–Trinajstić information content (AvgIpc) is 2.89. The topological polar surface area (TPSA) is 55.1 Å². The molecule has 1 aliphatic carbocycles. The van der Waals surface area contributed by atoms with Gasteiger partial charge in [-0.15, -0.1) is 0 Å². The van der Waals surface area contributed by atoms with Crippen LogP contribution in [0.5, 0.6) is 0 Å². The summed E-state index contributed by atoms with van der Waals surface area (Å²) in [6.07, 6.45) is 5.45. The maximum atomic E-state index is 11.7. The molecule has 3 N–H and O–H groups in total. The number of rotatable bonds is 4. The van der Waals surface area contributed by atoms with Gasteiger partial charge in [0.2, 0.25) is 5.91 Å². The first-order valence-corrected chi connectivity index (χ1v) is 6.42. The van der Waals surface area contributed by atoms with Gasteiger partial charge in [-0.2, -0.15) is 11.3 Å². The molecule has 0 radical (unpaired) electrons. The highest BCUT2D eigenvalue weighted by atomic mass is 32.1. The molecule has 2 rings (SSSR count). The van der Waals surface area contributed by atoms with Crippen LogP contribution in [0.25, 0.3) is 0 Å². The summed E-state index contributed by atoms with van der Waals surface area (Å²) in [7, 11) is 0. The Labute approximate surface area is 99.3 Å². The van der Waals surface area contributed by atoms with Crippen molar-refractivity contribution in [2.45, 2.75) is 18.9 Å². The zero-order valence-corrected chi connectivity index (χ0v) is 9.87. The highest BCUT2D eigenvalue weighted by molar-refractivity contribution is 7.07. The van der Waals surface area contributed by atoms with Crippen LogP contribution in [0.3, 0.4) is 0 Å². The van der Waals surface area contributed by atoms with Gasteiger partial charge in [-0.25, -0.2) is 0 Å². The highest BCUT2D eigenvalue weighted by Crippen LogP contribution is 2.16. The van der Waals surface area contributed by atoms with Crippen molar-refractivity contribution < 1.29 is 4.79 Å². The second-order valence-corrected chi connectivity index (χ2v) is 4.84. The van der Waals surface area contributed by atoms with Crippen LogP contribution >= 0.6 is 11.3 Å². The van der Waals surface area contributed by atoms with Gasteiger partial charge in [-0.05, 0) is 35.2 Å². The third kappa shape index (κ3) is 2.93. The van der Waals surface area contributed by atoms with Gasteiger partial charge in [0.1, 0.15) is 0 Å². The summed E-state index contributed by atoms with van der Waals surface area (Å²) < 4.78 is 0. The Kier molecular flexibility index (Phi) is 3.74. The van der Waals surface area contributed by atoms with Crippen molar-refractivity contribution in [1.29, 1.82) is 0 Å². The summed E-state index contributed by atoms with van der Waals surface area (Å²) in [5.74, 6) is 0.0666. The summed E-state index contributed by atoms with van der Waals surface area (Å²) in [6.45, 7) is 0.704. The number of thiophene rings is 1. The van der Waals surface area contributed by atoms with Crippen LogP contribution in [0.2, 0.25) is 0 Å². The maximum absolute atomic E-state index is 11.7. The van der Waals surface area contributed by atoms with E-state index in [-0.39, 0.29) is 17.9 Å². The van der Waals surface area contributed by atoms with E-state index in [0.29, 0.717) is 6.54 Å². The van der Waals surface area contributed by atoms with E-state index in [1.807, 2.05) is 12.2 Å². The van der Waals surface area contributed by atoms with E-state index >= 15 is 0 Å². The SMILES string of the molecule is NC1C=CC(C(=O)NCCc2ccsc2)C1. The third-order valence-electron chi connectivity index (χ3n) is 2.75. The van der Waals surface area contributed by atoms with E-state index in [1.54, 1.807) is 11.3 Å². The minimum Gasteiger partial charge on any atom is -0.355 e. The molecule has 0 fully saturated rings. The molecule has 2 atom stereocenters. The molecule has 1 heterocycles. The molecule has 0 aromatic carbocycles. The lowest BCUT2D eigenvalue weighted by Gasteiger charge is -2.09. The Morgan fingerprint density at radius 2 is 2.44 bits per heavy atom. The molecule has 3 nitrogen and oxygen atoms in total. The van der Waals surface area contributed by atoms with Crippen molar-refractivity contribution in [2.24, 2.45) is 11.7 Å². The summed E-state index contributed by atoms with van der Waals surface area (Å²) >= 11 is 1.68. The van der Waals surface area contributed by atoms with Gasteiger partial charge in [0, 0.05) is 12.6 Å². The van der Waals surface area contributed by atoms with Gasteiger partial charge in [-0.3, -0.25) is 4.79 Å². The lowest BCUT2D eigenvalue weighted by Crippen LogP contribution is -2.32. The van der Waals surface area contributed by atoms with Crippen LogP contribution in [0.1, 0.15) is 12.0 Å². The molecular weight excluding hydrogens is 220 g/mol. The largest absolute Gasteiger partial charge is 0.355 e. The van der Waals surface area contributed by atoms with Gasteiger partial charge in [0.25, 0.3) is 0 Å². The van der Waals surface area contributed by atoms with E-state index in [4.69, 9.17) is 5.73 Å². The Morgan fingerprint density at radius 1 is 1.56 bits per heavy atom. The van der Waals surface area contributed by atoms with Crippen LogP contribution < -0.4 is 11.1 Å². The molecule has 0 bridgehead atoms. The fourth-order valence-corrected chi connectivity index (χ4v) is 2.52. The van der Waals surface area contributed by atoms with E-state index in [2.05, 4.69) is 22.1 Å². The average molecular weight is 236 g/mol. The summed E-state index contributed by atoms with van der Waals surface area (Å²) in [5, 5.41) is 7.10. The van der Waals surface area contributed by atoms with Crippen LogP contribution in [0.15, 0.2) is 29.0 Å². The number of hydrogen-bond acceptors (Lipinski definition) is 3. The number of nitrogens with one attached hydrogen (secondary N) is 1. The minimum absolute atomic E-state index is 0.0301. The zero-order valence-electron chi connectivity index (χ0n) is 9.06. The normalized spacial score (nSPS) is 23.6. The Balaban J connectivity index is 1.70. The summed E-state index contributed by atoms with van der Waals surface area (Å²) in [6, 6.07) is 2.13. The van der Waals surface area contributed by atoms with E-state index in [1.165, 1.54) is 5.56 Å². The number of nitrogens with two attached hydrogens (primary N) is 1. The predicted molar refractivity (Wildman–Crippen MR) is 66.3 cm³/mol. The Morgan fingerprint density at radius 3 is 3.06 bits per heavy atom. The molecule has 1 aliphatic rings. The molecule has 0 spiro atoms. The van der Waals surface area contributed by atoms with Crippen molar-refractivity contribution in [3.05, 3.63) is 34.5 Å². The van der Waals surface area contributed by atoms with Gasteiger partial charge in [0.15, 0.2) is 0 Å². The number of carbonyl (C=O) groups excluding carboxylic acids is 1. The molecule has 2 unspecified atom stereocenters. The second kappa shape index (κ2) is 5.27. The van der Waals surface area contributed by atoms with Crippen molar-refractivity contribution in [2.75, 3.05) is 6.54 Å². The van der Waals surface area contributed by atoms with Crippen molar-refractivity contribution in [1.82, 2.24) is 5.32 Å². The molecule has 0 saturated carbocycles. The van der Waals surface area contributed by atoms with Crippen LogP contribution in [0, 0.1) is 5.92 Å². The van der Waals surface area contributed by atoms with Crippen LogP contribution in [0.4, 0.5) is 0 Å². The molecule has 16 heavy (non-hydrogen) atoms. The molecule has 1 aromatic heterocycles. The molecule has 86 valence electrons. The van der Waals surface area contributed by atoms with E-state index < -0.39 is 0 Å². The van der Waals surface area contributed by atoms with Crippen molar-refractivity contribution in [3.8, 4) is 0 Å². The first kappa shape index (κ1) is 11.4. The van der Waals surface area contributed by atoms with E-state index in [9.17, 15) is 4.79 Å². The number of amides is 1. The smallest absolute Gasteiger partial charge is 0.227 e. The van der Waals surface area contributed by atoms with Crippen molar-refractivity contribution >= 4 is 17.2 Å². The first-order valence-electron chi connectivity index (χ1n) is 5.48. The van der Waals surface area contributed by atoms with Gasteiger partial charge in [-0.1, -0.05) is 12.2 Å². The fraction of sp³-hybridized carbons (Fsp3) is 0.417. The van der Waals surface area contributed by atoms with Crippen LogP contribution in [-0.4, -0.2) is 18.5 Å². The molecule has 1 amide bonds. The molecule has 4 heteroatoms. The predicted octanol–water partition coefficient (Wildman–Crippen LogP) is 1.31. The monoisotopic (exact) mass is 236 g/mol. The second-order valence-electron chi connectivity index (χ2n) is 4.06. The maximum Gasteiger partial charge on any atom is 0.227 e. The lowest BCUT2D eigenvalue weighted by atomic mass is 10.1. The standard InChI is InChI=1S/C12H16N2OS/c13-11-2-1-10(7-11)12(15)14-5-3-9-4-6-16-8-9/h1-2,4,6,8,10-11H,3,5,7,13H2,(H,14,15). The molecule has 1 aromatic rings. The molecular formula is C12H16N2OS. The fourth-order valence-electron chi connectivity index (χ4n) is 1.82. The lowest BCUT2D eigenvalue weighted by molar-refractivity contribution is -0.123. The quantitative estimate of drug-likeness (QED) is 0.774. The molecule has 0 aliphatic heterocycles. The zero-order chi connectivity index (χ0) is 11.4.